The smallest absolute Gasteiger partial charge is 0.165 e. The van der Waals surface area contributed by atoms with E-state index in [4.69, 9.17) is 4.74 Å². The van der Waals surface area contributed by atoms with Crippen molar-refractivity contribution in [3.8, 4) is 5.75 Å². The summed E-state index contributed by atoms with van der Waals surface area (Å²) in [6, 6.07) is 9.58. The zero-order valence-electron chi connectivity index (χ0n) is 10.8. The number of hydrogen-bond acceptors (Lipinski definition) is 2. The minimum Gasteiger partial charge on any atom is -0.494 e. The molecule has 0 fully saturated rings. The van der Waals surface area contributed by atoms with Crippen molar-refractivity contribution in [1.82, 2.24) is 0 Å². The molecule has 0 heterocycles. The van der Waals surface area contributed by atoms with Crippen LogP contribution in [0.25, 0.3) is 0 Å². The van der Waals surface area contributed by atoms with Crippen molar-refractivity contribution in [2.45, 2.75) is 13.5 Å². The van der Waals surface area contributed by atoms with E-state index in [-0.39, 0.29) is 11.6 Å². The van der Waals surface area contributed by atoms with E-state index in [1.54, 1.807) is 31.2 Å². The van der Waals surface area contributed by atoms with Gasteiger partial charge in [-0.05, 0) is 36.8 Å². The Morgan fingerprint density at radius 2 is 1.89 bits per heavy atom. The van der Waals surface area contributed by atoms with Crippen LogP contribution in [0.2, 0.25) is 0 Å². The third-order valence-corrected chi connectivity index (χ3v) is 2.97. The molecule has 2 aromatic rings. The molecular weight excluding hydrogens is 248 g/mol. The lowest BCUT2D eigenvalue weighted by Crippen LogP contribution is -2.02. The minimum atomic E-state index is -0.405. The van der Waals surface area contributed by atoms with Gasteiger partial charge in [-0.2, -0.15) is 0 Å². The molecule has 2 aromatic carbocycles. The number of hydrogen-bond donors (Lipinski definition) is 1. The Labute approximate surface area is 111 Å². The van der Waals surface area contributed by atoms with Crippen LogP contribution < -0.4 is 10.1 Å². The van der Waals surface area contributed by atoms with Crippen LogP contribution in [0.15, 0.2) is 36.4 Å². The molecule has 19 heavy (non-hydrogen) atoms. The maximum Gasteiger partial charge on any atom is 0.165 e. The largest absolute Gasteiger partial charge is 0.494 e. The molecule has 0 atom stereocenters. The van der Waals surface area contributed by atoms with E-state index in [1.165, 1.54) is 19.2 Å². The van der Waals surface area contributed by atoms with Gasteiger partial charge in [0.2, 0.25) is 0 Å². The summed E-state index contributed by atoms with van der Waals surface area (Å²) in [4.78, 5) is 0. The lowest BCUT2D eigenvalue weighted by Gasteiger charge is -2.11. The zero-order valence-corrected chi connectivity index (χ0v) is 10.8. The maximum absolute atomic E-state index is 13.5. The Bertz CT molecular complexity index is 584. The molecule has 0 amide bonds. The molecule has 0 saturated carbocycles. The molecular formula is C15H15F2NO. The lowest BCUT2D eigenvalue weighted by atomic mass is 10.1. The second kappa shape index (κ2) is 5.69. The molecule has 0 bridgehead atoms. The lowest BCUT2D eigenvalue weighted by molar-refractivity contribution is 0.386. The third-order valence-electron chi connectivity index (χ3n) is 2.97. The van der Waals surface area contributed by atoms with Gasteiger partial charge in [-0.15, -0.1) is 0 Å². The Morgan fingerprint density at radius 3 is 2.58 bits per heavy atom. The van der Waals surface area contributed by atoms with Crippen LogP contribution in [-0.2, 0) is 6.54 Å². The van der Waals surface area contributed by atoms with Gasteiger partial charge >= 0.3 is 0 Å². The van der Waals surface area contributed by atoms with Gasteiger partial charge in [0.25, 0.3) is 0 Å². The first-order chi connectivity index (χ1) is 9.11. The van der Waals surface area contributed by atoms with Gasteiger partial charge in [-0.3, -0.25) is 0 Å². The van der Waals surface area contributed by atoms with Crippen molar-refractivity contribution < 1.29 is 13.5 Å². The molecule has 0 radical (unpaired) electrons. The summed E-state index contributed by atoms with van der Waals surface area (Å²) in [5, 5.41) is 3.09. The monoisotopic (exact) mass is 263 g/mol. The Kier molecular flexibility index (Phi) is 4.00. The van der Waals surface area contributed by atoms with Crippen molar-refractivity contribution in [2.24, 2.45) is 0 Å². The highest BCUT2D eigenvalue weighted by molar-refractivity contribution is 5.51. The quantitative estimate of drug-likeness (QED) is 0.903. The van der Waals surface area contributed by atoms with Gasteiger partial charge in [0.15, 0.2) is 11.6 Å². The molecule has 0 aliphatic carbocycles. The molecule has 0 aliphatic heterocycles. The number of rotatable bonds is 4. The Hall–Kier alpha value is -2.10. The van der Waals surface area contributed by atoms with Gasteiger partial charge in [0.05, 0.1) is 7.11 Å². The third kappa shape index (κ3) is 3.02. The molecule has 0 aromatic heterocycles. The van der Waals surface area contributed by atoms with E-state index in [1.807, 2.05) is 0 Å². The summed E-state index contributed by atoms with van der Waals surface area (Å²) in [5.74, 6) is -0.450. The summed E-state index contributed by atoms with van der Waals surface area (Å²) in [7, 11) is 1.42. The molecule has 100 valence electrons. The van der Waals surface area contributed by atoms with Crippen molar-refractivity contribution in [3.63, 3.8) is 0 Å². The van der Waals surface area contributed by atoms with Gasteiger partial charge in [0, 0.05) is 17.8 Å². The molecule has 4 heteroatoms. The first kappa shape index (κ1) is 13.3. The Morgan fingerprint density at radius 1 is 1.11 bits per heavy atom. The fraction of sp³-hybridized carbons (Fsp3) is 0.200. The molecule has 2 nitrogen and oxygen atoms in total. The number of benzene rings is 2. The number of ether oxygens (including phenoxy) is 1. The zero-order chi connectivity index (χ0) is 13.8. The first-order valence-corrected chi connectivity index (χ1v) is 5.93. The highest BCUT2D eigenvalue weighted by Crippen LogP contribution is 2.21. The SMILES string of the molecule is COc1ccc(CNc2cccc(F)c2C)cc1F. The average Bonchev–Trinajstić information content (AvgIpc) is 2.40. The molecule has 1 N–H and O–H groups in total. The summed E-state index contributed by atoms with van der Waals surface area (Å²) in [5.41, 5.74) is 2.02. The number of halogens is 2. The second-order valence-electron chi connectivity index (χ2n) is 4.23. The van der Waals surface area contributed by atoms with Crippen molar-refractivity contribution in [1.29, 1.82) is 0 Å². The molecule has 2 rings (SSSR count). The highest BCUT2D eigenvalue weighted by atomic mass is 19.1. The van der Waals surface area contributed by atoms with Crippen molar-refractivity contribution in [2.75, 3.05) is 12.4 Å². The van der Waals surface area contributed by atoms with Crippen LogP contribution >= 0.6 is 0 Å². The fourth-order valence-corrected chi connectivity index (χ4v) is 1.82. The predicted octanol–water partition coefficient (Wildman–Crippen LogP) is 3.89. The van der Waals surface area contributed by atoms with E-state index < -0.39 is 5.82 Å². The van der Waals surface area contributed by atoms with E-state index in [2.05, 4.69) is 5.32 Å². The van der Waals surface area contributed by atoms with Crippen LogP contribution in [0.4, 0.5) is 14.5 Å². The van der Waals surface area contributed by atoms with Gasteiger partial charge in [-0.1, -0.05) is 12.1 Å². The van der Waals surface area contributed by atoms with Crippen molar-refractivity contribution >= 4 is 5.69 Å². The molecule has 0 spiro atoms. The second-order valence-corrected chi connectivity index (χ2v) is 4.23. The normalized spacial score (nSPS) is 10.3. The van der Waals surface area contributed by atoms with E-state index in [0.29, 0.717) is 17.8 Å². The summed E-state index contributed by atoms with van der Waals surface area (Å²) in [6.45, 7) is 2.12. The summed E-state index contributed by atoms with van der Waals surface area (Å²) in [6.07, 6.45) is 0. The van der Waals surface area contributed by atoms with E-state index in [9.17, 15) is 8.78 Å². The molecule has 0 unspecified atom stereocenters. The molecule has 0 saturated heterocycles. The maximum atomic E-state index is 13.5. The van der Waals surface area contributed by atoms with Crippen LogP contribution in [0.5, 0.6) is 5.75 Å². The van der Waals surface area contributed by atoms with Crippen LogP contribution in [0.3, 0.4) is 0 Å². The summed E-state index contributed by atoms with van der Waals surface area (Å²) >= 11 is 0. The van der Waals surface area contributed by atoms with Crippen molar-refractivity contribution in [3.05, 3.63) is 59.2 Å². The van der Waals surface area contributed by atoms with Gasteiger partial charge in [-0.25, -0.2) is 8.78 Å². The van der Waals surface area contributed by atoms with E-state index in [0.717, 1.165) is 5.56 Å². The fourth-order valence-electron chi connectivity index (χ4n) is 1.82. The van der Waals surface area contributed by atoms with E-state index >= 15 is 0 Å². The van der Waals surface area contributed by atoms with Gasteiger partial charge in [0.1, 0.15) is 5.82 Å². The van der Waals surface area contributed by atoms with Gasteiger partial charge < -0.3 is 10.1 Å². The number of methoxy groups -OCH3 is 1. The summed E-state index contributed by atoms with van der Waals surface area (Å²) < 4.78 is 31.7. The van der Waals surface area contributed by atoms with Crippen LogP contribution in [0.1, 0.15) is 11.1 Å². The minimum absolute atomic E-state index is 0.214. The van der Waals surface area contributed by atoms with Crippen LogP contribution in [-0.4, -0.2) is 7.11 Å². The predicted molar refractivity (Wildman–Crippen MR) is 71.4 cm³/mol. The standard InChI is InChI=1S/C15H15F2NO/c1-10-12(16)4-3-5-14(10)18-9-11-6-7-15(19-2)13(17)8-11/h3-8,18H,9H2,1-2H3. The topological polar surface area (TPSA) is 21.3 Å². The Balaban J connectivity index is 2.10. The first-order valence-electron chi connectivity index (χ1n) is 5.93. The highest BCUT2D eigenvalue weighted by Gasteiger charge is 2.05. The average molecular weight is 263 g/mol. The number of anilines is 1. The number of nitrogens with one attached hydrogen (secondary N) is 1. The van der Waals surface area contributed by atoms with Crippen LogP contribution in [0, 0.1) is 18.6 Å². The molecule has 0 aliphatic rings.